The van der Waals surface area contributed by atoms with E-state index in [-0.39, 0.29) is 28.9 Å². The number of hydrogen-bond acceptors (Lipinski definition) is 11. The van der Waals surface area contributed by atoms with E-state index in [1.54, 1.807) is 43.5 Å². The molecule has 13 heteroatoms. The second-order valence-corrected chi connectivity index (χ2v) is 11.4. The lowest BCUT2D eigenvalue weighted by Gasteiger charge is -2.19. The molecule has 1 atom stereocenters. The smallest absolute Gasteiger partial charge is 0.343 e. The molecular formula is C35H32N2O10S. The van der Waals surface area contributed by atoms with E-state index in [2.05, 4.69) is 10.2 Å². The van der Waals surface area contributed by atoms with E-state index in [0.29, 0.717) is 51.7 Å². The van der Waals surface area contributed by atoms with E-state index >= 15 is 0 Å². The van der Waals surface area contributed by atoms with Crippen LogP contribution in [-0.4, -0.2) is 44.5 Å². The number of methoxy groups -OCH3 is 3. The number of thioether (sulfide) groups is 1. The highest BCUT2D eigenvalue weighted by Gasteiger charge is 2.30. The minimum absolute atomic E-state index is 0.00742. The number of carbonyl (C=O) groups is 2. The maximum Gasteiger partial charge on any atom is 0.343 e. The van der Waals surface area contributed by atoms with Gasteiger partial charge >= 0.3 is 5.97 Å². The van der Waals surface area contributed by atoms with Gasteiger partial charge in [-0.15, -0.1) is 21.9 Å². The number of rotatable bonds is 11. The summed E-state index contributed by atoms with van der Waals surface area (Å²) in [6.07, 6.45) is 2.68. The maximum absolute atomic E-state index is 13.9. The van der Waals surface area contributed by atoms with Crippen molar-refractivity contribution < 1.29 is 38.5 Å². The SMILES string of the molecule is COc1cc2c(c(OC)c1OC)CC[C@H](NC(=O)c1ccccc1OC(=O)c1cccc(CO[N+](=O)[O-])c1)c1cc(=O)c(SC)ccc1-2. The first-order valence-corrected chi connectivity index (χ1v) is 15.9. The molecule has 0 saturated heterocycles. The Morgan fingerprint density at radius 3 is 2.40 bits per heavy atom. The largest absolute Gasteiger partial charge is 0.493 e. The van der Waals surface area contributed by atoms with Crippen molar-refractivity contribution in [2.75, 3.05) is 27.6 Å². The number of para-hydroxylation sites is 1. The number of hydrogen-bond donors (Lipinski definition) is 1. The third-order valence-electron chi connectivity index (χ3n) is 7.88. The molecule has 0 heterocycles. The van der Waals surface area contributed by atoms with E-state index in [4.69, 9.17) is 18.9 Å². The van der Waals surface area contributed by atoms with Gasteiger partial charge in [-0.2, -0.15) is 0 Å². The maximum atomic E-state index is 13.9. The summed E-state index contributed by atoms with van der Waals surface area (Å²) in [5.74, 6) is 0.0924. The molecule has 4 aromatic carbocycles. The van der Waals surface area contributed by atoms with E-state index in [9.17, 15) is 24.5 Å². The molecule has 0 saturated carbocycles. The Bertz CT molecular complexity index is 1950. The highest BCUT2D eigenvalue weighted by molar-refractivity contribution is 7.98. The standard InChI is InChI=1S/C35H32N2O10S/c1-43-30-18-25-22-13-15-31(48-4)28(38)17-26(22)27(14-12-23(25)32(44-2)33(30)45-3)36-34(39)24-10-5-6-11-29(24)47-35(40)21-9-7-8-20(16-21)19-46-37(41)42/h5-11,13,15-18,27H,12,14,19H2,1-4H3,(H,36,39)/t27-/m0/s1. The van der Waals surface area contributed by atoms with Gasteiger partial charge in [-0.3, -0.25) is 9.59 Å². The van der Waals surface area contributed by atoms with E-state index in [1.165, 1.54) is 50.2 Å². The molecule has 0 fully saturated rings. The zero-order chi connectivity index (χ0) is 34.4. The van der Waals surface area contributed by atoms with Crippen molar-refractivity contribution >= 4 is 23.6 Å². The Hall–Kier alpha value is -5.56. The molecule has 0 aromatic heterocycles. The lowest BCUT2D eigenvalue weighted by atomic mass is 9.96. The monoisotopic (exact) mass is 672 g/mol. The highest BCUT2D eigenvalue weighted by Crippen LogP contribution is 2.49. The van der Waals surface area contributed by atoms with Crippen molar-refractivity contribution in [3.05, 3.63) is 121 Å². The molecule has 1 aliphatic rings. The van der Waals surface area contributed by atoms with Crippen LogP contribution in [0.25, 0.3) is 11.1 Å². The second-order valence-electron chi connectivity index (χ2n) is 10.6. The first kappa shape index (κ1) is 33.8. The molecule has 4 aromatic rings. The summed E-state index contributed by atoms with van der Waals surface area (Å²) < 4.78 is 22.7. The van der Waals surface area contributed by atoms with Crippen molar-refractivity contribution in [1.29, 1.82) is 0 Å². The van der Waals surface area contributed by atoms with Crippen LogP contribution in [0.2, 0.25) is 0 Å². The topological polar surface area (TPSA) is 153 Å². The molecule has 48 heavy (non-hydrogen) atoms. The normalized spacial score (nSPS) is 13.2. The number of benzene rings is 3. The van der Waals surface area contributed by atoms with Crippen LogP contribution < -0.4 is 29.7 Å². The van der Waals surface area contributed by atoms with Crippen molar-refractivity contribution in [2.24, 2.45) is 0 Å². The molecule has 0 bridgehead atoms. The van der Waals surface area contributed by atoms with Crippen LogP contribution in [-0.2, 0) is 17.9 Å². The third kappa shape index (κ3) is 7.05. The lowest BCUT2D eigenvalue weighted by Crippen LogP contribution is -2.29. The summed E-state index contributed by atoms with van der Waals surface area (Å²) in [7, 11) is 4.60. The fourth-order valence-electron chi connectivity index (χ4n) is 5.68. The summed E-state index contributed by atoms with van der Waals surface area (Å²) in [6, 6.07) is 18.7. The van der Waals surface area contributed by atoms with Gasteiger partial charge in [0, 0.05) is 5.56 Å². The summed E-state index contributed by atoms with van der Waals surface area (Å²) >= 11 is 1.32. The minimum atomic E-state index is -0.922. The molecular weight excluding hydrogens is 640 g/mol. The number of carbonyl (C=O) groups excluding carboxylic acids is 2. The van der Waals surface area contributed by atoms with E-state index < -0.39 is 23.0 Å². The average Bonchev–Trinajstić information content (AvgIpc) is 3.34. The van der Waals surface area contributed by atoms with Gasteiger partial charge in [0.2, 0.25) is 5.75 Å². The van der Waals surface area contributed by atoms with Gasteiger partial charge in [0.1, 0.15) is 12.4 Å². The minimum Gasteiger partial charge on any atom is -0.493 e. The number of nitrogens with zero attached hydrogens (tertiary/aromatic N) is 1. The molecule has 1 aliphatic carbocycles. The Morgan fingerprint density at radius 1 is 0.917 bits per heavy atom. The number of fused-ring (bicyclic) bond motifs is 3. The summed E-state index contributed by atoms with van der Waals surface area (Å²) in [6.45, 7) is -0.341. The van der Waals surface area contributed by atoms with Crippen molar-refractivity contribution in [3.8, 4) is 34.1 Å². The van der Waals surface area contributed by atoms with E-state index in [0.717, 1.165) is 11.1 Å². The van der Waals surface area contributed by atoms with Crippen molar-refractivity contribution in [3.63, 3.8) is 0 Å². The molecule has 12 nitrogen and oxygen atoms in total. The third-order valence-corrected chi connectivity index (χ3v) is 8.66. The van der Waals surface area contributed by atoms with Crippen LogP contribution in [0.3, 0.4) is 0 Å². The van der Waals surface area contributed by atoms with Gasteiger partial charge in [0.15, 0.2) is 16.9 Å². The zero-order valence-electron chi connectivity index (χ0n) is 26.6. The van der Waals surface area contributed by atoms with Crippen LogP contribution in [0.1, 0.15) is 49.9 Å². The number of ether oxygens (including phenoxy) is 4. The summed E-state index contributed by atoms with van der Waals surface area (Å²) in [5, 5.41) is 12.7. The Balaban J connectivity index is 1.50. The fourth-order valence-corrected chi connectivity index (χ4v) is 6.15. The first-order chi connectivity index (χ1) is 23.2. The van der Waals surface area contributed by atoms with Crippen LogP contribution in [0.15, 0.2) is 82.5 Å². The van der Waals surface area contributed by atoms with Crippen molar-refractivity contribution in [2.45, 2.75) is 30.4 Å². The molecule has 1 N–H and O–H groups in total. The van der Waals surface area contributed by atoms with Gasteiger partial charge in [-0.05, 0) is 83.8 Å². The average molecular weight is 673 g/mol. The van der Waals surface area contributed by atoms with Crippen LogP contribution in [0.4, 0.5) is 0 Å². The summed E-state index contributed by atoms with van der Waals surface area (Å²) in [4.78, 5) is 55.9. The second kappa shape index (κ2) is 14.9. The molecule has 0 unspecified atom stereocenters. The molecule has 0 radical (unpaired) electrons. The number of nitrogens with one attached hydrogen (secondary N) is 1. The molecule has 0 spiro atoms. The van der Waals surface area contributed by atoms with Gasteiger partial charge in [-0.25, -0.2) is 4.79 Å². The van der Waals surface area contributed by atoms with Crippen LogP contribution >= 0.6 is 11.8 Å². The van der Waals surface area contributed by atoms with E-state index in [1.807, 2.05) is 18.4 Å². The molecule has 1 amide bonds. The first-order valence-electron chi connectivity index (χ1n) is 14.7. The Kier molecular flexibility index (Phi) is 10.5. The number of amides is 1. The quantitative estimate of drug-likeness (QED) is 0.0676. The van der Waals surface area contributed by atoms with Gasteiger partial charge < -0.3 is 29.1 Å². The Morgan fingerprint density at radius 2 is 1.69 bits per heavy atom. The highest BCUT2D eigenvalue weighted by atomic mass is 32.2. The molecule has 0 aliphatic heterocycles. The predicted octanol–water partition coefficient (Wildman–Crippen LogP) is 5.81. The van der Waals surface area contributed by atoms with Crippen LogP contribution in [0, 0.1) is 10.1 Å². The fraction of sp³-hybridized carbons (Fsp3) is 0.229. The molecule has 5 rings (SSSR count). The van der Waals surface area contributed by atoms with Crippen LogP contribution in [0.5, 0.6) is 23.0 Å². The Labute approximate surface area is 280 Å². The van der Waals surface area contributed by atoms with Gasteiger partial charge in [-0.1, -0.05) is 30.3 Å². The lowest BCUT2D eigenvalue weighted by molar-refractivity contribution is -0.763. The van der Waals surface area contributed by atoms with Gasteiger partial charge in [0.05, 0.1) is 43.4 Å². The predicted molar refractivity (Wildman–Crippen MR) is 178 cm³/mol. The zero-order valence-corrected chi connectivity index (χ0v) is 27.4. The van der Waals surface area contributed by atoms with Crippen molar-refractivity contribution in [1.82, 2.24) is 5.32 Å². The van der Waals surface area contributed by atoms with Gasteiger partial charge in [0.25, 0.3) is 11.0 Å². The number of esters is 1. The molecule has 248 valence electrons. The summed E-state index contributed by atoms with van der Waals surface area (Å²) in [5.41, 5.74) is 3.33.